The molecule has 1 aliphatic carbocycles. The number of carbonyl (C=O) groups is 1. The molecule has 0 amide bonds. The second-order valence-corrected chi connectivity index (χ2v) is 15.0. The summed E-state index contributed by atoms with van der Waals surface area (Å²) >= 11 is 0. The lowest BCUT2D eigenvalue weighted by Crippen LogP contribution is -2.39. The van der Waals surface area contributed by atoms with Crippen molar-refractivity contribution in [3.8, 4) is 0 Å². The average Bonchev–Trinajstić information content (AvgIpc) is 2.76. The summed E-state index contributed by atoms with van der Waals surface area (Å²) in [7, 11) is 0. The van der Waals surface area contributed by atoms with Gasteiger partial charge in [-0.2, -0.15) is 0 Å². The summed E-state index contributed by atoms with van der Waals surface area (Å²) in [5, 5.41) is 13.6. The zero-order chi connectivity index (χ0) is 29.2. The molecule has 0 spiro atoms. The fraction of sp³-hybridized carbons (Fsp3) is 0.559. The molecule has 0 radical (unpaired) electrons. The Balaban J connectivity index is 2.14. The van der Waals surface area contributed by atoms with Crippen molar-refractivity contribution in [2.45, 2.75) is 96.9 Å². The summed E-state index contributed by atoms with van der Waals surface area (Å²) in [6.45, 7) is 29.0. The molecule has 0 aromatic rings. The van der Waals surface area contributed by atoms with Gasteiger partial charge in [0.2, 0.25) is 0 Å². The highest BCUT2D eigenvalue weighted by Crippen LogP contribution is 2.45. The molecule has 0 bridgehead atoms. The first-order valence-corrected chi connectivity index (χ1v) is 13.7. The molecule has 4 heteroatoms. The van der Waals surface area contributed by atoms with Gasteiger partial charge < -0.3 is 14.6 Å². The minimum Gasteiger partial charge on any atom is -0.874 e. The van der Waals surface area contributed by atoms with Gasteiger partial charge in [-0.15, -0.1) is 5.76 Å². The van der Waals surface area contributed by atoms with Gasteiger partial charge >= 0.3 is 0 Å². The third-order valence-electron chi connectivity index (χ3n) is 7.26. The minimum absolute atomic E-state index is 0.115. The van der Waals surface area contributed by atoms with Crippen LogP contribution in [0.15, 0.2) is 81.0 Å². The molecule has 0 saturated carbocycles. The van der Waals surface area contributed by atoms with Gasteiger partial charge in [0.1, 0.15) is 23.0 Å². The normalized spacial score (nSPS) is 21.1. The zero-order valence-corrected chi connectivity index (χ0v) is 26.0. The van der Waals surface area contributed by atoms with Crippen molar-refractivity contribution in [3.63, 3.8) is 0 Å². The van der Waals surface area contributed by atoms with Crippen LogP contribution in [0.4, 0.5) is 0 Å². The Morgan fingerprint density at radius 1 is 0.632 bits per heavy atom. The zero-order valence-electron chi connectivity index (χ0n) is 26.0. The van der Waals surface area contributed by atoms with E-state index in [9.17, 15) is 9.90 Å². The van der Waals surface area contributed by atoms with Crippen molar-refractivity contribution in [3.05, 3.63) is 81.0 Å². The molecular formula is C34H47O4-. The second kappa shape index (κ2) is 9.47. The van der Waals surface area contributed by atoms with Crippen LogP contribution in [0.3, 0.4) is 0 Å². The lowest BCUT2D eigenvalue weighted by atomic mass is 9.72. The smallest absolute Gasteiger partial charge is 0.172 e. The summed E-state index contributed by atoms with van der Waals surface area (Å²) in [5.41, 5.74) is 2.69. The van der Waals surface area contributed by atoms with E-state index < -0.39 is 5.92 Å². The fourth-order valence-electron chi connectivity index (χ4n) is 4.45. The fourth-order valence-corrected chi connectivity index (χ4v) is 4.45. The lowest BCUT2D eigenvalue weighted by Gasteiger charge is -2.40. The first-order valence-electron chi connectivity index (χ1n) is 13.7. The van der Waals surface area contributed by atoms with E-state index in [1.165, 1.54) is 0 Å². The van der Waals surface area contributed by atoms with Crippen LogP contribution in [0.25, 0.3) is 0 Å². The molecule has 0 fully saturated rings. The van der Waals surface area contributed by atoms with Crippen molar-refractivity contribution in [1.29, 1.82) is 0 Å². The number of Topliss-reactive ketones (excluding diaryl/α,β-unsaturated/α-hetero) is 1. The van der Waals surface area contributed by atoms with Gasteiger partial charge in [0.15, 0.2) is 5.78 Å². The van der Waals surface area contributed by atoms with E-state index in [0.29, 0.717) is 11.1 Å². The molecular weight excluding hydrogens is 472 g/mol. The van der Waals surface area contributed by atoms with Crippen molar-refractivity contribution < 1.29 is 19.4 Å². The maximum atomic E-state index is 13.6. The number of rotatable bonds is 2. The molecule has 3 rings (SSSR count). The van der Waals surface area contributed by atoms with Crippen LogP contribution in [0, 0.1) is 27.6 Å². The Morgan fingerprint density at radius 3 is 1.24 bits per heavy atom. The standard InChI is InChI=1S/C34H48O4/c1-19(21-15-23(31(3,4)5)37-24(16-21)32(6,7)8)27-29(35)28(30(27)36)20(2)22-17-25(33(9,10)11)38-26(18-22)34(12,13)14/h15-18,27,35H,1-14H3/p-1. The van der Waals surface area contributed by atoms with Gasteiger partial charge in [0.05, 0.1) is 5.92 Å². The van der Waals surface area contributed by atoms with Crippen molar-refractivity contribution in [1.82, 2.24) is 0 Å². The van der Waals surface area contributed by atoms with Crippen LogP contribution < -0.4 is 5.11 Å². The van der Waals surface area contributed by atoms with Crippen molar-refractivity contribution >= 4 is 5.78 Å². The van der Waals surface area contributed by atoms with E-state index in [-0.39, 0.29) is 33.2 Å². The molecule has 2 aliphatic heterocycles. The van der Waals surface area contributed by atoms with E-state index in [4.69, 9.17) is 9.47 Å². The third kappa shape index (κ3) is 5.80. The van der Waals surface area contributed by atoms with E-state index in [0.717, 1.165) is 39.8 Å². The first kappa shape index (κ1) is 29.8. The lowest BCUT2D eigenvalue weighted by molar-refractivity contribution is -0.316. The Labute approximate surface area is 230 Å². The van der Waals surface area contributed by atoms with Crippen LogP contribution >= 0.6 is 0 Å². The topological polar surface area (TPSA) is 58.6 Å². The molecule has 0 saturated heterocycles. The Bertz CT molecular complexity index is 1190. The van der Waals surface area contributed by atoms with Gasteiger partial charge in [-0.1, -0.05) is 88.7 Å². The van der Waals surface area contributed by atoms with Gasteiger partial charge in [0.25, 0.3) is 0 Å². The highest BCUT2D eigenvalue weighted by atomic mass is 16.5. The summed E-state index contributed by atoms with van der Waals surface area (Å²) in [4.78, 5) is 13.6. The Morgan fingerprint density at radius 2 is 0.947 bits per heavy atom. The van der Waals surface area contributed by atoms with Crippen LogP contribution in [-0.4, -0.2) is 5.78 Å². The Kier molecular flexibility index (Phi) is 7.42. The third-order valence-corrected chi connectivity index (χ3v) is 7.26. The maximum Gasteiger partial charge on any atom is 0.172 e. The van der Waals surface area contributed by atoms with E-state index >= 15 is 0 Å². The van der Waals surface area contributed by atoms with Crippen LogP contribution in [0.2, 0.25) is 0 Å². The number of carbonyl (C=O) groups excluding carboxylic acids is 1. The van der Waals surface area contributed by atoms with E-state index in [1.807, 2.05) is 38.2 Å². The summed E-state index contributed by atoms with van der Waals surface area (Å²) in [6, 6.07) is 0. The molecule has 0 N–H and O–H groups in total. The quantitative estimate of drug-likeness (QED) is 0.369. The van der Waals surface area contributed by atoms with E-state index in [2.05, 4.69) is 83.1 Å². The van der Waals surface area contributed by atoms with Gasteiger partial charge in [0, 0.05) is 27.2 Å². The summed E-state index contributed by atoms with van der Waals surface area (Å²) in [6.07, 6.45) is 7.94. The predicted octanol–water partition coefficient (Wildman–Crippen LogP) is 8.21. The van der Waals surface area contributed by atoms with Crippen molar-refractivity contribution in [2.75, 3.05) is 0 Å². The molecule has 208 valence electrons. The van der Waals surface area contributed by atoms with Gasteiger partial charge in [-0.3, -0.25) is 4.79 Å². The number of hydrogen-bond acceptors (Lipinski definition) is 4. The summed E-state index contributed by atoms with van der Waals surface area (Å²) < 4.78 is 12.5. The maximum absolute atomic E-state index is 13.6. The molecule has 3 aliphatic rings. The minimum atomic E-state index is -0.763. The SMILES string of the molecule is CC(=C1C=C(C(C)(C)C)OC(C(C)(C)C)=C1)C1=C([O-])C(C(C)=C2C=C(C(C)(C)C)OC(C(C)(C)C)=C2)C1=O. The second-order valence-electron chi connectivity index (χ2n) is 15.0. The van der Waals surface area contributed by atoms with Crippen LogP contribution in [0.1, 0.15) is 96.9 Å². The van der Waals surface area contributed by atoms with Crippen LogP contribution in [0.5, 0.6) is 0 Å². The molecule has 0 aromatic carbocycles. The highest BCUT2D eigenvalue weighted by molar-refractivity contribution is 6.11. The highest BCUT2D eigenvalue weighted by Gasteiger charge is 2.38. The molecule has 2 heterocycles. The van der Waals surface area contributed by atoms with Gasteiger partial charge in [-0.25, -0.2) is 0 Å². The molecule has 0 aromatic heterocycles. The molecule has 38 heavy (non-hydrogen) atoms. The first-order chi connectivity index (χ1) is 17.0. The number of ether oxygens (including phenoxy) is 2. The van der Waals surface area contributed by atoms with Crippen molar-refractivity contribution in [2.24, 2.45) is 27.6 Å². The molecule has 4 nitrogen and oxygen atoms in total. The largest absolute Gasteiger partial charge is 0.874 e. The Hall–Kier alpha value is -2.75. The van der Waals surface area contributed by atoms with E-state index in [1.54, 1.807) is 0 Å². The molecule has 1 unspecified atom stereocenters. The average molecular weight is 520 g/mol. The molecule has 1 atom stereocenters. The van der Waals surface area contributed by atoms with Crippen LogP contribution in [-0.2, 0) is 14.3 Å². The summed E-state index contributed by atoms with van der Waals surface area (Å²) in [5.74, 6) is 2.34. The predicted molar refractivity (Wildman–Crippen MR) is 153 cm³/mol. The number of hydrogen-bond donors (Lipinski definition) is 0. The number of allylic oxidation sites excluding steroid dienone is 13. The van der Waals surface area contributed by atoms with Gasteiger partial charge in [-0.05, 0) is 54.9 Å². The monoisotopic (exact) mass is 519 g/mol. The number of ketones is 1.